The van der Waals surface area contributed by atoms with Gasteiger partial charge in [0.15, 0.2) is 0 Å². The van der Waals surface area contributed by atoms with Gasteiger partial charge in [-0.2, -0.15) is 0 Å². The summed E-state index contributed by atoms with van der Waals surface area (Å²) in [6.45, 7) is 4.07. The van der Waals surface area contributed by atoms with E-state index in [0.29, 0.717) is 36.9 Å². The van der Waals surface area contributed by atoms with E-state index >= 15 is 0 Å². The molecule has 0 aliphatic carbocycles. The number of halogens is 1. The summed E-state index contributed by atoms with van der Waals surface area (Å²) < 4.78 is 8.25. The Bertz CT molecular complexity index is 1370. The lowest BCUT2D eigenvalue weighted by molar-refractivity contribution is -0.135. The molecule has 1 N–H and O–H groups in total. The molecular formula is C26H23ClN2O4S. The number of fused-ring (bicyclic) bond motifs is 1. The largest absolute Gasteiger partial charge is 0.477 e. The first-order valence-corrected chi connectivity index (χ1v) is 12.2. The van der Waals surface area contributed by atoms with Gasteiger partial charge in [-0.3, -0.25) is 4.79 Å². The average molecular weight is 495 g/mol. The summed E-state index contributed by atoms with van der Waals surface area (Å²) in [7, 11) is 0. The lowest BCUT2D eigenvalue weighted by Gasteiger charge is -2.27. The normalized spacial score (nSPS) is 14.0. The molecule has 0 atom stereocenters. The molecule has 5 rings (SSSR count). The monoisotopic (exact) mass is 494 g/mol. The Morgan fingerprint density at radius 1 is 1.03 bits per heavy atom. The number of nitrogens with zero attached hydrogens (tertiary/aromatic N) is 2. The van der Waals surface area contributed by atoms with Crippen LogP contribution >= 0.6 is 22.9 Å². The molecular weight excluding hydrogens is 472 g/mol. The maximum atomic E-state index is 13.4. The highest BCUT2D eigenvalue weighted by molar-refractivity contribution is 7.21. The van der Waals surface area contributed by atoms with Gasteiger partial charge in [-0.1, -0.05) is 54.1 Å². The van der Waals surface area contributed by atoms with Gasteiger partial charge in [0.25, 0.3) is 0 Å². The van der Waals surface area contributed by atoms with Gasteiger partial charge >= 0.3 is 5.97 Å². The Labute approximate surface area is 205 Å². The van der Waals surface area contributed by atoms with Gasteiger partial charge in [-0.25, -0.2) is 4.79 Å². The fourth-order valence-corrected chi connectivity index (χ4v) is 5.89. The minimum Gasteiger partial charge on any atom is -0.477 e. The van der Waals surface area contributed by atoms with Crippen molar-refractivity contribution in [2.24, 2.45) is 0 Å². The lowest BCUT2D eigenvalue weighted by atomic mass is 10.0. The van der Waals surface area contributed by atoms with Crippen LogP contribution in [-0.2, 0) is 16.1 Å². The number of aromatic nitrogens is 1. The van der Waals surface area contributed by atoms with Crippen LogP contribution in [0.2, 0.25) is 5.02 Å². The SMILES string of the molecule is Cc1c(C(=O)O)sc2c(-c3ccccc3)c(-c3ccc(Cl)cc3)n(CC(=O)N3CCOCC3)c12. The van der Waals surface area contributed by atoms with E-state index in [1.165, 1.54) is 11.3 Å². The first kappa shape index (κ1) is 22.7. The van der Waals surface area contributed by atoms with Gasteiger partial charge in [0.2, 0.25) is 5.91 Å². The van der Waals surface area contributed by atoms with E-state index < -0.39 is 5.97 Å². The molecule has 0 bridgehead atoms. The van der Waals surface area contributed by atoms with Gasteiger partial charge in [0.05, 0.1) is 29.1 Å². The Morgan fingerprint density at radius 2 is 1.71 bits per heavy atom. The van der Waals surface area contributed by atoms with Crippen molar-refractivity contribution in [3.05, 3.63) is 70.1 Å². The van der Waals surface area contributed by atoms with Crippen LogP contribution in [-0.4, -0.2) is 52.8 Å². The van der Waals surface area contributed by atoms with Crippen LogP contribution in [0.4, 0.5) is 0 Å². The Morgan fingerprint density at radius 3 is 2.35 bits per heavy atom. The summed E-state index contributed by atoms with van der Waals surface area (Å²) >= 11 is 7.43. The minimum absolute atomic E-state index is 0.0162. The van der Waals surface area contributed by atoms with Gasteiger partial charge in [0.1, 0.15) is 11.4 Å². The Kier molecular flexibility index (Phi) is 6.16. The maximum Gasteiger partial charge on any atom is 0.346 e. The van der Waals surface area contributed by atoms with Crippen molar-refractivity contribution in [2.45, 2.75) is 13.5 Å². The van der Waals surface area contributed by atoms with E-state index in [1.54, 1.807) is 0 Å². The van der Waals surface area contributed by atoms with Crippen LogP contribution < -0.4 is 0 Å². The van der Waals surface area contributed by atoms with Crippen molar-refractivity contribution in [3.63, 3.8) is 0 Å². The van der Waals surface area contributed by atoms with Crippen LogP contribution in [0.5, 0.6) is 0 Å². The lowest BCUT2D eigenvalue weighted by Crippen LogP contribution is -2.42. The second-order valence-corrected chi connectivity index (χ2v) is 9.67. The number of carbonyl (C=O) groups excluding carboxylic acids is 1. The molecule has 1 fully saturated rings. The summed E-state index contributed by atoms with van der Waals surface area (Å²) in [5.41, 5.74) is 5.14. The number of hydrogen-bond acceptors (Lipinski definition) is 4. The van der Waals surface area contributed by atoms with E-state index in [-0.39, 0.29) is 17.3 Å². The molecule has 4 aromatic rings. The highest BCUT2D eigenvalue weighted by Crippen LogP contribution is 2.46. The summed E-state index contributed by atoms with van der Waals surface area (Å²) in [6, 6.07) is 17.4. The molecule has 34 heavy (non-hydrogen) atoms. The highest BCUT2D eigenvalue weighted by Gasteiger charge is 2.29. The van der Waals surface area contributed by atoms with E-state index in [9.17, 15) is 14.7 Å². The van der Waals surface area contributed by atoms with E-state index in [0.717, 1.165) is 32.6 Å². The molecule has 8 heteroatoms. The highest BCUT2D eigenvalue weighted by atomic mass is 35.5. The van der Waals surface area contributed by atoms with E-state index in [4.69, 9.17) is 16.3 Å². The number of thiophene rings is 1. The van der Waals surface area contributed by atoms with Crippen LogP contribution in [0.3, 0.4) is 0 Å². The van der Waals surface area contributed by atoms with Crippen molar-refractivity contribution >= 4 is 45.0 Å². The topological polar surface area (TPSA) is 71.8 Å². The first-order chi connectivity index (χ1) is 16.5. The smallest absolute Gasteiger partial charge is 0.346 e. The number of carboxylic acid groups (broad SMARTS) is 1. The van der Waals surface area contributed by atoms with E-state index in [1.807, 2.05) is 71.0 Å². The van der Waals surface area contributed by atoms with Gasteiger partial charge < -0.3 is 19.3 Å². The van der Waals surface area contributed by atoms with Crippen molar-refractivity contribution in [2.75, 3.05) is 26.3 Å². The molecule has 1 saturated heterocycles. The van der Waals surface area contributed by atoms with Crippen LogP contribution in [0.25, 0.3) is 32.6 Å². The predicted molar refractivity (Wildman–Crippen MR) is 135 cm³/mol. The second kappa shape index (κ2) is 9.25. The number of rotatable bonds is 5. The van der Waals surface area contributed by atoms with Crippen LogP contribution in [0.1, 0.15) is 15.2 Å². The molecule has 6 nitrogen and oxygen atoms in total. The number of ether oxygens (including phenoxy) is 1. The molecule has 1 amide bonds. The average Bonchev–Trinajstić information content (AvgIpc) is 3.35. The number of benzene rings is 2. The van der Waals surface area contributed by atoms with Gasteiger partial charge in [-0.15, -0.1) is 11.3 Å². The molecule has 0 saturated carbocycles. The maximum absolute atomic E-state index is 13.4. The third kappa shape index (κ3) is 4.00. The van der Waals surface area contributed by atoms with E-state index in [2.05, 4.69) is 0 Å². The zero-order chi connectivity index (χ0) is 23.8. The third-order valence-corrected chi connectivity index (χ3v) is 7.69. The number of hydrogen-bond donors (Lipinski definition) is 1. The number of amides is 1. The summed E-state index contributed by atoms with van der Waals surface area (Å²) in [4.78, 5) is 27.5. The Hall–Kier alpha value is -3.13. The second-order valence-electron chi connectivity index (χ2n) is 8.21. The predicted octanol–water partition coefficient (Wildman–Crippen LogP) is 5.56. The quantitative estimate of drug-likeness (QED) is 0.394. The van der Waals surface area contributed by atoms with Crippen molar-refractivity contribution in [1.29, 1.82) is 0 Å². The molecule has 174 valence electrons. The zero-order valence-electron chi connectivity index (χ0n) is 18.6. The molecule has 3 heterocycles. The zero-order valence-corrected chi connectivity index (χ0v) is 20.2. The third-order valence-electron chi connectivity index (χ3n) is 6.15. The first-order valence-electron chi connectivity index (χ1n) is 11.0. The van der Waals surface area contributed by atoms with Crippen LogP contribution in [0, 0.1) is 6.92 Å². The number of morpholine rings is 1. The molecule has 0 unspecified atom stereocenters. The van der Waals surface area contributed by atoms with Crippen molar-refractivity contribution in [1.82, 2.24) is 9.47 Å². The fraction of sp³-hybridized carbons (Fsp3) is 0.231. The summed E-state index contributed by atoms with van der Waals surface area (Å²) in [5.74, 6) is -0.977. The molecule has 1 aliphatic heterocycles. The summed E-state index contributed by atoms with van der Waals surface area (Å²) in [6.07, 6.45) is 0. The van der Waals surface area contributed by atoms with Crippen molar-refractivity contribution in [3.8, 4) is 22.4 Å². The molecule has 1 aliphatic rings. The van der Waals surface area contributed by atoms with Crippen molar-refractivity contribution < 1.29 is 19.4 Å². The number of carbonyl (C=O) groups is 2. The Balaban J connectivity index is 1.79. The molecule has 2 aromatic heterocycles. The summed E-state index contributed by atoms with van der Waals surface area (Å²) in [5, 5.41) is 10.5. The van der Waals surface area contributed by atoms with Gasteiger partial charge in [0, 0.05) is 23.7 Å². The molecule has 0 spiro atoms. The van der Waals surface area contributed by atoms with Gasteiger partial charge in [-0.05, 0) is 35.7 Å². The number of carboxylic acids is 1. The standard InChI is InChI=1S/C26H23ClN2O4S/c1-16-22-25(34-24(16)26(31)32)21(17-5-3-2-4-6-17)23(18-7-9-19(27)10-8-18)29(22)15-20(30)28-11-13-33-14-12-28/h2-10H,11-15H2,1H3,(H,31,32). The fourth-order valence-electron chi connectivity index (χ4n) is 4.54. The minimum atomic E-state index is -0.961. The molecule has 2 aromatic carbocycles. The number of aryl methyl sites for hydroxylation is 1. The number of aromatic carboxylic acids is 1. The van der Waals surface area contributed by atoms with Crippen LogP contribution in [0.15, 0.2) is 54.6 Å². The molecule has 0 radical (unpaired) electrons.